The van der Waals surface area contributed by atoms with Crippen LogP contribution in [0.1, 0.15) is 24.8 Å². The molecule has 1 heterocycles. The number of hydrogen-bond donors (Lipinski definition) is 0. The lowest BCUT2D eigenvalue weighted by atomic mass is 10.3. The average molecular weight is 152 g/mol. The molecule has 0 N–H and O–H groups in total. The Bertz CT molecular complexity index is 230. The molecule has 2 nitrogen and oxygen atoms in total. The summed E-state index contributed by atoms with van der Waals surface area (Å²) in [7, 11) is 0. The molecule has 0 bridgehead atoms. The molecule has 3 heteroatoms. The average Bonchev–Trinajstić information content (AvgIpc) is 2.41. The van der Waals surface area contributed by atoms with Crippen molar-refractivity contribution < 1.29 is 0 Å². The minimum atomic E-state index is 0.813. The van der Waals surface area contributed by atoms with Crippen molar-refractivity contribution in [3.8, 4) is 11.8 Å². The second kappa shape index (κ2) is 4.02. The summed E-state index contributed by atoms with van der Waals surface area (Å²) in [6.45, 7) is 2.11. The molecule has 0 saturated carbocycles. The summed E-state index contributed by atoms with van der Waals surface area (Å²) < 4.78 is 0. The van der Waals surface area contributed by atoms with Gasteiger partial charge in [0.1, 0.15) is 5.51 Å². The molecule has 1 aromatic rings. The van der Waals surface area contributed by atoms with Gasteiger partial charge in [0.25, 0.3) is 0 Å². The molecule has 52 valence electrons. The van der Waals surface area contributed by atoms with Gasteiger partial charge in [0, 0.05) is 6.42 Å². The topological polar surface area (TPSA) is 25.8 Å². The van der Waals surface area contributed by atoms with E-state index in [4.69, 9.17) is 0 Å². The summed E-state index contributed by atoms with van der Waals surface area (Å²) in [6, 6.07) is 0. The van der Waals surface area contributed by atoms with Crippen LogP contribution in [-0.2, 0) is 0 Å². The number of nitrogens with zero attached hydrogens (tertiary/aromatic N) is 2. The third-order valence-electron chi connectivity index (χ3n) is 0.930. The molecule has 0 aliphatic rings. The van der Waals surface area contributed by atoms with Crippen LogP contribution in [0.2, 0.25) is 0 Å². The molecule has 0 atom stereocenters. The van der Waals surface area contributed by atoms with E-state index in [0.29, 0.717) is 0 Å². The highest BCUT2D eigenvalue weighted by Crippen LogP contribution is 1.97. The molecule has 0 spiro atoms. The summed E-state index contributed by atoms with van der Waals surface area (Å²) in [5.41, 5.74) is 1.69. The van der Waals surface area contributed by atoms with Crippen LogP contribution in [0.15, 0.2) is 5.51 Å². The van der Waals surface area contributed by atoms with Gasteiger partial charge in [-0.05, 0) is 12.3 Å². The summed E-state index contributed by atoms with van der Waals surface area (Å²) in [4.78, 5) is 0. The van der Waals surface area contributed by atoms with Crippen LogP contribution in [-0.4, -0.2) is 10.2 Å². The SMILES string of the molecule is CCCC#Cc1nncs1. The van der Waals surface area contributed by atoms with E-state index in [1.807, 2.05) is 0 Å². The quantitative estimate of drug-likeness (QED) is 0.572. The number of unbranched alkanes of at least 4 members (excludes halogenated alkanes) is 1. The van der Waals surface area contributed by atoms with E-state index in [1.54, 1.807) is 5.51 Å². The molecule has 1 aromatic heterocycles. The highest BCUT2D eigenvalue weighted by molar-refractivity contribution is 7.09. The van der Waals surface area contributed by atoms with Gasteiger partial charge in [-0.15, -0.1) is 10.2 Å². The Balaban J connectivity index is 2.49. The number of hydrogen-bond acceptors (Lipinski definition) is 3. The minimum Gasteiger partial charge on any atom is -0.146 e. The zero-order valence-electron chi connectivity index (χ0n) is 5.79. The van der Waals surface area contributed by atoms with Gasteiger partial charge in [0.05, 0.1) is 0 Å². The predicted octanol–water partition coefficient (Wildman–Crippen LogP) is 1.69. The molecule has 0 unspecified atom stereocenters. The molecule has 1 rings (SSSR count). The highest BCUT2D eigenvalue weighted by Gasteiger charge is 1.85. The standard InChI is InChI=1S/C7H8N2S/c1-2-3-4-5-7-9-8-6-10-7/h6H,2-3H2,1H3. The van der Waals surface area contributed by atoms with Crippen LogP contribution >= 0.6 is 11.3 Å². The molecular formula is C7H8N2S. The summed E-state index contributed by atoms with van der Waals surface area (Å²) in [5, 5.41) is 8.26. The first-order valence-corrected chi connectivity index (χ1v) is 4.06. The van der Waals surface area contributed by atoms with E-state index in [1.165, 1.54) is 11.3 Å². The van der Waals surface area contributed by atoms with Crippen LogP contribution in [0.4, 0.5) is 0 Å². The smallest absolute Gasteiger partial charge is 0.146 e. The van der Waals surface area contributed by atoms with Gasteiger partial charge in [-0.3, -0.25) is 0 Å². The first-order valence-electron chi connectivity index (χ1n) is 3.18. The van der Waals surface area contributed by atoms with Crippen molar-refractivity contribution in [2.45, 2.75) is 19.8 Å². The first-order chi connectivity index (χ1) is 4.93. The van der Waals surface area contributed by atoms with Crippen molar-refractivity contribution in [3.05, 3.63) is 10.5 Å². The lowest BCUT2D eigenvalue weighted by Gasteiger charge is -1.75. The largest absolute Gasteiger partial charge is 0.190 e. The van der Waals surface area contributed by atoms with E-state index in [0.717, 1.165) is 17.8 Å². The van der Waals surface area contributed by atoms with Gasteiger partial charge in [0.15, 0.2) is 5.01 Å². The lowest BCUT2D eigenvalue weighted by Crippen LogP contribution is -1.70. The van der Waals surface area contributed by atoms with E-state index >= 15 is 0 Å². The van der Waals surface area contributed by atoms with Crippen molar-refractivity contribution in [3.63, 3.8) is 0 Å². The Labute approximate surface area is 64.3 Å². The van der Waals surface area contributed by atoms with Gasteiger partial charge < -0.3 is 0 Å². The zero-order chi connectivity index (χ0) is 7.23. The molecule has 0 saturated heterocycles. The van der Waals surface area contributed by atoms with Gasteiger partial charge in [0.2, 0.25) is 0 Å². The Morgan fingerprint density at radius 1 is 1.70 bits per heavy atom. The second-order valence-electron chi connectivity index (χ2n) is 1.80. The first kappa shape index (κ1) is 7.23. The van der Waals surface area contributed by atoms with Crippen LogP contribution in [0.3, 0.4) is 0 Å². The third kappa shape index (κ3) is 2.16. The predicted molar refractivity (Wildman–Crippen MR) is 41.7 cm³/mol. The second-order valence-corrected chi connectivity index (χ2v) is 2.63. The summed E-state index contributed by atoms with van der Waals surface area (Å²) in [5.74, 6) is 5.92. The Morgan fingerprint density at radius 3 is 3.20 bits per heavy atom. The van der Waals surface area contributed by atoms with Crippen LogP contribution < -0.4 is 0 Å². The lowest BCUT2D eigenvalue weighted by molar-refractivity contribution is 0.982. The van der Waals surface area contributed by atoms with Gasteiger partial charge in [-0.25, -0.2) is 0 Å². The molecule has 0 aliphatic carbocycles. The number of aromatic nitrogens is 2. The Kier molecular flexibility index (Phi) is 2.91. The zero-order valence-corrected chi connectivity index (χ0v) is 6.61. The van der Waals surface area contributed by atoms with Gasteiger partial charge >= 0.3 is 0 Å². The molecule has 0 amide bonds. The Hall–Kier alpha value is -0.880. The molecule has 10 heavy (non-hydrogen) atoms. The summed E-state index contributed by atoms with van der Waals surface area (Å²) >= 11 is 1.48. The van der Waals surface area contributed by atoms with Crippen molar-refractivity contribution >= 4 is 11.3 Å². The van der Waals surface area contributed by atoms with Crippen LogP contribution in [0.25, 0.3) is 0 Å². The fraction of sp³-hybridized carbons (Fsp3) is 0.429. The van der Waals surface area contributed by atoms with Crippen molar-refractivity contribution in [1.82, 2.24) is 10.2 Å². The minimum absolute atomic E-state index is 0.813. The Morgan fingerprint density at radius 2 is 2.60 bits per heavy atom. The molecular weight excluding hydrogens is 144 g/mol. The maximum Gasteiger partial charge on any atom is 0.190 e. The normalized spacial score (nSPS) is 8.50. The van der Waals surface area contributed by atoms with E-state index in [2.05, 4.69) is 29.0 Å². The van der Waals surface area contributed by atoms with Gasteiger partial charge in [-0.2, -0.15) is 0 Å². The monoisotopic (exact) mass is 152 g/mol. The summed E-state index contributed by atoms with van der Waals surface area (Å²) in [6.07, 6.45) is 2.05. The highest BCUT2D eigenvalue weighted by atomic mass is 32.1. The van der Waals surface area contributed by atoms with Gasteiger partial charge in [-0.1, -0.05) is 24.2 Å². The van der Waals surface area contributed by atoms with Crippen LogP contribution in [0.5, 0.6) is 0 Å². The fourth-order valence-electron chi connectivity index (χ4n) is 0.491. The van der Waals surface area contributed by atoms with E-state index in [9.17, 15) is 0 Å². The third-order valence-corrected chi connectivity index (χ3v) is 1.54. The molecule has 0 aliphatic heterocycles. The number of rotatable bonds is 1. The van der Waals surface area contributed by atoms with Crippen LogP contribution in [0, 0.1) is 11.8 Å². The van der Waals surface area contributed by atoms with Crippen molar-refractivity contribution in [2.75, 3.05) is 0 Å². The fourth-order valence-corrected chi connectivity index (χ4v) is 0.910. The molecule has 0 aromatic carbocycles. The maximum absolute atomic E-state index is 3.78. The van der Waals surface area contributed by atoms with Crippen molar-refractivity contribution in [2.24, 2.45) is 0 Å². The van der Waals surface area contributed by atoms with E-state index < -0.39 is 0 Å². The maximum atomic E-state index is 3.78. The molecule has 0 fully saturated rings. The molecule has 0 radical (unpaired) electrons. The van der Waals surface area contributed by atoms with Crippen molar-refractivity contribution in [1.29, 1.82) is 0 Å². The van der Waals surface area contributed by atoms with E-state index in [-0.39, 0.29) is 0 Å².